The van der Waals surface area contributed by atoms with Gasteiger partial charge in [-0.15, -0.1) is 0 Å². The first-order valence-electron chi connectivity index (χ1n) is 12.1. The normalized spacial score (nSPS) is 14.9. The van der Waals surface area contributed by atoms with Crippen molar-refractivity contribution in [1.29, 1.82) is 0 Å². The van der Waals surface area contributed by atoms with Crippen LogP contribution in [0.4, 0.5) is 18.9 Å². The Morgan fingerprint density at radius 1 is 1.18 bits per heavy atom. The van der Waals surface area contributed by atoms with Crippen LogP contribution in [0.3, 0.4) is 0 Å². The van der Waals surface area contributed by atoms with E-state index in [2.05, 4.69) is 15.6 Å². The van der Waals surface area contributed by atoms with Crippen molar-refractivity contribution in [1.82, 2.24) is 10.3 Å². The number of amides is 1. The first-order chi connectivity index (χ1) is 17.8. The molecule has 3 aromatic rings. The van der Waals surface area contributed by atoms with E-state index in [1.54, 1.807) is 18.2 Å². The molecule has 0 spiro atoms. The van der Waals surface area contributed by atoms with Crippen LogP contribution in [0.15, 0.2) is 33.3 Å². The standard InChI is InChI=1S/C26H27ClF3N3O5/c1-13-4-8-17(16(27)10-13)31-20(34)11-15(7-9-21(35)36)23-22(14-5-6-14)24(38-33-23)18-12-19(37-32-18)25(2,3)26(28,29)30/h4,8,10,12,14-15H,5-7,9,11H2,1-3H3,(H,31,34)(H,35,36)/t15-/m0/s1. The molecule has 1 atom stereocenters. The number of hydrogen-bond donors (Lipinski definition) is 2. The number of halogens is 4. The summed E-state index contributed by atoms with van der Waals surface area (Å²) in [5.74, 6) is -2.27. The van der Waals surface area contributed by atoms with Crippen LogP contribution in [0.25, 0.3) is 11.5 Å². The van der Waals surface area contributed by atoms with Gasteiger partial charge in [0.1, 0.15) is 5.41 Å². The number of aryl methyl sites for hydroxylation is 1. The number of benzene rings is 1. The van der Waals surface area contributed by atoms with Gasteiger partial charge >= 0.3 is 12.1 Å². The molecule has 0 bridgehead atoms. The van der Waals surface area contributed by atoms with E-state index < -0.39 is 29.4 Å². The minimum absolute atomic E-state index is 0.00367. The fraction of sp³-hybridized carbons (Fsp3) is 0.462. The predicted octanol–water partition coefficient (Wildman–Crippen LogP) is 6.99. The molecule has 1 amide bonds. The van der Waals surface area contributed by atoms with Gasteiger partial charge < -0.3 is 19.5 Å². The number of aliphatic carboxylic acids is 1. The second-order valence-electron chi connectivity index (χ2n) is 10.1. The van der Waals surface area contributed by atoms with Crippen molar-refractivity contribution in [2.24, 2.45) is 0 Å². The zero-order chi connectivity index (χ0) is 27.8. The zero-order valence-corrected chi connectivity index (χ0v) is 21.7. The van der Waals surface area contributed by atoms with E-state index in [0.717, 1.165) is 32.3 Å². The number of carboxylic acid groups (broad SMARTS) is 1. The van der Waals surface area contributed by atoms with Crippen molar-refractivity contribution < 1.29 is 36.9 Å². The molecule has 204 valence electrons. The Hall–Kier alpha value is -3.34. The Morgan fingerprint density at radius 2 is 1.89 bits per heavy atom. The number of rotatable bonds is 10. The Kier molecular flexibility index (Phi) is 7.60. The number of carbonyl (C=O) groups excluding carboxylic acids is 1. The van der Waals surface area contributed by atoms with Gasteiger partial charge in [0.25, 0.3) is 0 Å². The van der Waals surface area contributed by atoms with Crippen LogP contribution in [-0.4, -0.2) is 33.5 Å². The van der Waals surface area contributed by atoms with E-state index in [-0.39, 0.29) is 42.4 Å². The number of aromatic nitrogens is 2. The zero-order valence-electron chi connectivity index (χ0n) is 21.0. The van der Waals surface area contributed by atoms with Crippen LogP contribution in [0, 0.1) is 6.92 Å². The molecule has 12 heteroatoms. The number of nitrogens with zero attached hydrogens (tertiary/aromatic N) is 2. The summed E-state index contributed by atoms with van der Waals surface area (Å²) in [4.78, 5) is 24.3. The van der Waals surface area contributed by atoms with E-state index in [4.69, 9.17) is 20.6 Å². The average molecular weight is 554 g/mol. The number of anilines is 1. The quantitative estimate of drug-likeness (QED) is 0.278. The number of hydrogen-bond acceptors (Lipinski definition) is 6. The molecular formula is C26H27ClF3N3O5. The van der Waals surface area contributed by atoms with Gasteiger partial charge in [-0.1, -0.05) is 28.0 Å². The van der Waals surface area contributed by atoms with Gasteiger partial charge in [-0.05, 0) is 63.6 Å². The number of nitrogens with one attached hydrogen (secondary N) is 1. The Balaban J connectivity index is 1.64. The molecule has 1 aliphatic rings. The smallest absolute Gasteiger partial charge is 0.401 e. The minimum atomic E-state index is -4.56. The predicted molar refractivity (Wildman–Crippen MR) is 132 cm³/mol. The summed E-state index contributed by atoms with van der Waals surface area (Å²) >= 11 is 6.23. The topological polar surface area (TPSA) is 118 Å². The third-order valence-electron chi connectivity index (χ3n) is 6.73. The number of carbonyl (C=O) groups is 2. The van der Waals surface area contributed by atoms with Crippen LogP contribution in [0.5, 0.6) is 0 Å². The Labute approximate surface area is 221 Å². The summed E-state index contributed by atoms with van der Waals surface area (Å²) in [7, 11) is 0. The molecule has 2 heterocycles. The maximum atomic E-state index is 13.5. The molecule has 1 fully saturated rings. The molecule has 2 N–H and O–H groups in total. The summed E-state index contributed by atoms with van der Waals surface area (Å²) in [5.41, 5.74) is 0.141. The van der Waals surface area contributed by atoms with Gasteiger partial charge in [0, 0.05) is 30.4 Å². The highest BCUT2D eigenvalue weighted by molar-refractivity contribution is 6.33. The van der Waals surface area contributed by atoms with E-state index in [0.29, 0.717) is 22.0 Å². The second kappa shape index (κ2) is 10.4. The first-order valence-corrected chi connectivity index (χ1v) is 12.5. The summed E-state index contributed by atoms with van der Waals surface area (Å²) in [6, 6.07) is 6.36. The second-order valence-corrected chi connectivity index (χ2v) is 10.6. The molecule has 0 unspecified atom stereocenters. The molecule has 0 aliphatic heterocycles. The lowest BCUT2D eigenvalue weighted by Gasteiger charge is -2.24. The molecule has 8 nitrogen and oxygen atoms in total. The summed E-state index contributed by atoms with van der Waals surface area (Å²) in [6.45, 7) is 3.85. The third kappa shape index (κ3) is 5.87. The van der Waals surface area contributed by atoms with E-state index in [1.807, 2.05) is 6.92 Å². The average Bonchev–Trinajstić information content (AvgIpc) is 3.35. The highest BCUT2D eigenvalue weighted by atomic mass is 35.5. The van der Waals surface area contributed by atoms with Crippen LogP contribution in [0.2, 0.25) is 5.02 Å². The van der Waals surface area contributed by atoms with Crippen molar-refractivity contribution in [3.05, 3.63) is 51.9 Å². The molecule has 0 radical (unpaired) electrons. The molecule has 4 rings (SSSR count). The summed E-state index contributed by atoms with van der Waals surface area (Å²) in [5, 5.41) is 20.4. The molecule has 1 saturated carbocycles. The van der Waals surface area contributed by atoms with E-state index in [9.17, 15) is 27.9 Å². The van der Waals surface area contributed by atoms with Crippen LogP contribution < -0.4 is 5.32 Å². The molecular weight excluding hydrogens is 527 g/mol. The van der Waals surface area contributed by atoms with Crippen molar-refractivity contribution in [2.45, 2.75) is 76.3 Å². The third-order valence-corrected chi connectivity index (χ3v) is 7.05. The summed E-state index contributed by atoms with van der Waals surface area (Å²) in [6.07, 6.45) is -3.21. The SMILES string of the molecule is Cc1ccc(NC(=O)C[C@H](CCC(=O)O)c2noc(-c3cc(C(C)(C)C(F)(F)F)on3)c2C2CC2)c(Cl)c1. The van der Waals surface area contributed by atoms with Gasteiger partial charge in [-0.3, -0.25) is 9.59 Å². The minimum Gasteiger partial charge on any atom is -0.481 e. The van der Waals surface area contributed by atoms with E-state index in [1.165, 1.54) is 6.07 Å². The van der Waals surface area contributed by atoms with Gasteiger partial charge in [0.15, 0.2) is 17.2 Å². The fourth-order valence-electron chi connectivity index (χ4n) is 4.15. The van der Waals surface area contributed by atoms with Crippen molar-refractivity contribution in [3.8, 4) is 11.5 Å². The lowest BCUT2D eigenvalue weighted by atomic mass is 9.88. The van der Waals surface area contributed by atoms with Crippen LogP contribution in [0.1, 0.15) is 80.4 Å². The number of alkyl halides is 3. The highest BCUT2D eigenvalue weighted by Gasteiger charge is 2.51. The Morgan fingerprint density at radius 3 is 2.50 bits per heavy atom. The van der Waals surface area contributed by atoms with Gasteiger partial charge in [-0.25, -0.2) is 0 Å². The molecule has 38 heavy (non-hydrogen) atoms. The van der Waals surface area contributed by atoms with Crippen molar-refractivity contribution >= 4 is 29.2 Å². The monoisotopic (exact) mass is 553 g/mol. The van der Waals surface area contributed by atoms with Crippen molar-refractivity contribution in [2.75, 3.05) is 5.32 Å². The van der Waals surface area contributed by atoms with Crippen LogP contribution in [-0.2, 0) is 15.0 Å². The van der Waals surface area contributed by atoms with Crippen LogP contribution >= 0.6 is 11.6 Å². The van der Waals surface area contributed by atoms with E-state index >= 15 is 0 Å². The number of carboxylic acids is 1. The summed E-state index contributed by atoms with van der Waals surface area (Å²) < 4.78 is 51.2. The maximum absolute atomic E-state index is 13.5. The Bertz CT molecular complexity index is 1340. The van der Waals surface area contributed by atoms with Gasteiger partial charge in [-0.2, -0.15) is 13.2 Å². The largest absolute Gasteiger partial charge is 0.481 e. The lowest BCUT2D eigenvalue weighted by molar-refractivity contribution is -0.185. The fourth-order valence-corrected chi connectivity index (χ4v) is 4.43. The maximum Gasteiger partial charge on any atom is 0.401 e. The lowest BCUT2D eigenvalue weighted by Crippen LogP contribution is -2.35. The molecule has 1 aromatic carbocycles. The molecule has 0 saturated heterocycles. The van der Waals surface area contributed by atoms with Crippen molar-refractivity contribution in [3.63, 3.8) is 0 Å². The van der Waals surface area contributed by atoms with Gasteiger partial charge in [0.05, 0.1) is 16.4 Å². The molecule has 1 aliphatic carbocycles. The first kappa shape index (κ1) is 27.7. The molecule has 2 aromatic heterocycles. The van der Waals surface area contributed by atoms with Gasteiger partial charge in [0.2, 0.25) is 5.91 Å². The highest BCUT2D eigenvalue weighted by Crippen LogP contribution is 2.49.